The SMILES string of the molecule is COC(=O)[C@@H]1C[C@H](O[Si](C)(C)C(C)(C)C)CCN1C(=O)c1cc(C)c(C)cc1[N+](=O)[O-]. The highest BCUT2D eigenvalue weighted by molar-refractivity contribution is 6.74. The first-order valence-electron chi connectivity index (χ1n) is 10.5. The summed E-state index contributed by atoms with van der Waals surface area (Å²) in [6.07, 6.45) is 0.692. The number of hydrogen-bond donors (Lipinski definition) is 0. The lowest BCUT2D eigenvalue weighted by molar-refractivity contribution is -0.385. The van der Waals surface area contributed by atoms with E-state index in [9.17, 15) is 19.7 Å². The Labute approximate surface area is 185 Å². The molecule has 0 spiro atoms. The zero-order chi connectivity index (χ0) is 23.7. The van der Waals surface area contributed by atoms with Crippen molar-refractivity contribution in [2.45, 2.75) is 77.7 Å². The van der Waals surface area contributed by atoms with E-state index in [4.69, 9.17) is 9.16 Å². The molecule has 31 heavy (non-hydrogen) atoms. The van der Waals surface area contributed by atoms with Gasteiger partial charge in [-0.05, 0) is 55.6 Å². The summed E-state index contributed by atoms with van der Waals surface area (Å²) in [5.41, 5.74) is 1.25. The fourth-order valence-corrected chi connectivity index (χ4v) is 4.92. The van der Waals surface area contributed by atoms with Gasteiger partial charge in [-0.25, -0.2) is 4.79 Å². The predicted molar refractivity (Wildman–Crippen MR) is 121 cm³/mol. The molecule has 0 aliphatic carbocycles. The first-order chi connectivity index (χ1) is 14.2. The molecule has 1 amide bonds. The molecule has 0 bridgehead atoms. The van der Waals surface area contributed by atoms with Crippen molar-refractivity contribution in [3.8, 4) is 0 Å². The summed E-state index contributed by atoms with van der Waals surface area (Å²) in [6, 6.07) is 2.09. The Bertz CT molecular complexity index is 877. The number of nitro groups is 1. The summed E-state index contributed by atoms with van der Waals surface area (Å²) >= 11 is 0. The number of piperidine rings is 1. The fraction of sp³-hybridized carbons (Fsp3) is 0.636. The van der Waals surface area contributed by atoms with E-state index in [-0.39, 0.29) is 28.9 Å². The molecule has 0 aromatic heterocycles. The molecule has 0 saturated carbocycles. The number of aryl methyl sites for hydroxylation is 2. The molecule has 2 rings (SSSR count). The van der Waals surface area contributed by atoms with E-state index in [1.807, 2.05) is 0 Å². The van der Waals surface area contributed by atoms with Crippen LogP contribution in [0.15, 0.2) is 12.1 Å². The van der Waals surface area contributed by atoms with Crippen molar-refractivity contribution >= 4 is 25.9 Å². The van der Waals surface area contributed by atoms with Crippen LogP contribution in [-0.4, -0.2) is 55.8 Å². The van der Waals surface area contributed by atoms with Gasteiger partial charge in [-0.15, -0.1) is 0 Å². The van der Waals surface area contributed by atoms with Gasteiger partial charge in [-0.3, -0.25) is 14.9 Å². The first kappa shape index (κ1) is 25.0. The van der Waals surface area contributed by atoms with Gasteiger partial charge in [0.05, 0.1) is 12.0 Å². The van der Waals surface area contributed by atoms with Gasteiger partial charge in [0, 0.05) is 25.1 Å². The van der Waals surface area contributed by atoms with E-state index >= 15 is 0 Å². The maximum absolute atomic E-state index is 13.4. The Kier molecular flexibility index (Phi) is 7.32. The highest BCUT2D eigenvalue weighted by Crippen LogP contribution is 2.39. The van der Waals surface area contributed by atoms with Crippen LogP contribution in [0.2, 0.25) is 18.1 Å². The Morgan fingerprint density at radius 1 is 1.19 bits per heavy atom. The van der Waals surface area contributed by atoms with E-state index in [1.165, 1.54) is 24.1 Å². The summed E-state index contributed by atoms with van der Waals surface area (Å²) in [4.78, 5) is 38.3. The molecule has 172 valence electrons. The molecule has 9 heteroatoms. The van der Waals surface area contributed by atoms with Crippen LogP contribution in [0.25, 0.3) is 0 Å². The van der Waals surface area contributed by atoms with Crippen LogP contribution in [-0.2, 0) is 14.0 Å². The van der Waals surface area contributed by atoms with E-state index < -0.39 is 31.2 Å². The van der Waals surface area contributed by atoms with Crippen LogP contribution < -0.4 is 0 Å². The monoisotopic (exact) mass is 450 g/mol. The molecule has 1 saturated heterocycles. The van der Waals surface area contributed by atoms with Crippen molar-refractivity contribution in [2.24, 2.45) is 0 Å². The van der Waals surface area contributed by atoms with E-state index in [0.29, 0.717) is 12.8 Å². The minimum atomic E-state index is -2.06. The second kappa shape index (κ2) is 9.08. The molecule has 0 unspecified atom stereocenters. The Balaban J connectivity index is 2.36. The molecule has 8 nitrogen and oxygen atoms in total. The Morgan fingerprint density at radius 2 is 1.77 bits per heavy atom. The topological polar surface area (TPSA) is 99.0 Å². The molecule has 1 heterocycles. The number of nitrogens with zero attached hydrogens (tertiary/aromatic N) is 2. The number of nitro benzene ring substituents is 1. The minimum absolute atomic E-state index is 0.00855. The highest BCUT2D eigenvalue weighted by atomic mass is 28.4. The van der Waals surface area contributed by atoms with E-state index in [1.54, 1.807) is 13.8 Å². The van der Waals surface area contributed by atoms with E-state index in [0.717, 1.165) is 11.1 Å². The predicted octanol–water partition coefficient (Wildman–Crippen LogP) is 4.38. The van der Waals surface area contributed by atoms with Crippen molar-refractivity contribution in [1.82, 2.24) is 4.90 Å². The normalized spacial score (nSPS) is 19.8. The Morgan fingerprint density at radius 3 is 2.29 bits per heavy atom. The largest absolute Gasteiger partial charge is 0.467 e. The summed E-state index contributed by atoms with van der Waals surface area (Å²) in [5, 5.41) is 11.6. The zero-order valence-electron chi connectivity index (χ0n) is 19.8. The van der Waals surface area contributed by atoms with Crippen LogP contribution in [0.1, 0.15) is 55.1 Å². The number of carbonyl (C=O) groups excluding carboxylic acids is 2. The summed E-state index contributed by atoms with van der Waals surface area (Å²) < 4.78 is 11.4. The van der Waals surface area contributed by atoms with Gasteiger partial charge in [-0.2, -0.15) is 0 Å². The molecular formula is C22H34N2O6Si. The molecule has 0 N–H and O–H groups in total. The van der Waals surface area contributed by atoms with E-state index in [2.05, 4.69) is 33.9 Å². The number of ether oxygens (including phenoxy) is 1. The van der Waals surface area contributed by atoms with Crippen molar-refractivity contribution in [1.29, 1.82) is 0 Å². The van der Waals surface area contributed by atoms with Crippen molar-refractivity contribution in [3.05, 3.63) is 38.9 Å². The third-order valence-corrected chi connectivity index (χ3v) is 11.1. The number of esters is 1. The molecule has 0 radical (unpaired) electrons. The van der Waals surface area contributed by atoms with Gasteiger partial charge in [0.25, 0.3) is 11.6 Å². The van der Waals surface area contributed by atoms with Gasteiger partial charge < -0.3 is 14.1 Å². The van der Waals surface area contributed by atoms with Gasteiger partial charge in [-0.1, -0.05) is 20.8 Å². The van der Waals surface area contributed by atoms with Crippen molar-refractivity contribution in [3.63, 3.8) is 0 Å². The van der Waals surface area contributed by atoms with Crippen LogP contribution in [0.4, 0.5) is 5.69 Å². The standard InChI is InChI=1S/C22H34N2O6Si/c1-14-11-17(18(24(27)28)12-15(14)2)20(25)23-10-9-16(13-19(23)21(26)29-6)30-31(7,8)22(3,4)5/h11-12,16,19H,9-10,13H2,1-8H3/t16-,19+/m1/s1. The average molecular weight is 451 g/mol. The fourth-order valence-electron chi connectivity index (χ4n) is 3.51. The van der Waals surface area contributed by atoms with Crippen molar-refractivity contribution < 1.29 is 23.7 Å². The number of carbonyl (C=O) groups is 2. The molecule has 1 aromatic carbocycles. The third-order valence-electron chi connectivity index (χ3n) is 6.60. The molecule has 1 aromatic rings. The Hall–Kier alpha value is -2.26. The smallest absolute Gasteiger partial charge is 0.328 e. The van der Waals surface area contributed by atoms with Gasteiger partial charge in [0.2, 0.25) is 0 Å². The lowest BCUT2D eigenvalue weighted by Gasteiger charge is -2.44. The first-order valence-corrected chi connectivity index (χ1v) is 13.4. The number of benzene rings is 1. The maximum Gasteiger partial charge on any atom is 0.328 e. The van der Waals surface area contributed by atoms with Crippen LogP contribution in [0.3, 0.4) is 0 Å². The third kappa shape index (κ3) is 5.33. The lowest BCUT2D eigenvalue weighted by atomic mass is 9.97. The summed E-state index contributed by atoms with van der Waals surface area (Å²) in [5.74, 6) is -1.07. The minimum Gasteiger partial charge on any atom is -0.467 e. The van der Waals surface area contributed by atoms with Gasteiger partial charge >= 0.3 is 5.97 Å². The maximum atomic E-state index is 13.4. The molecular weight excluding hydrogens is 416 g/mol. The molecule has 1 aliphatic rings. The molecule has 1 fully saturated rings. The van der Waals surface area contributed by atoms with Gasteiger partial charge in [0.1, 0.15) is 11.6 Å². The number of hydrogen-bond acceptors (Lipinski definition) is 6. The summed E-state index contributed by atoms with van der Waals surface area (Å²) in [6.45, 7) is 14.6. The van der Waals surface area contributed by atoms with Crippen molar-refractivity contribution in [2.75, 3.05) is 13.7 Å². The average Bonchev–Trinajstić information content (AvgIpc) is 2.67. The summed E-state index contributed by atoms with van der Waals surface area (Å²) in [7, 11) is -0.783. The zero-order valence-corrected chi connectivity index (χ0v) is 20.8. The molecule has 1 aliphatic heterocycles. The second-order valence-electron chi connectivity index (χ2n) is 9.77. The second-order valence-corrected chi connectivity index (χ2v) is 14.5. The lowest BCUT2D eigenvalue weighted by Crippen LogP contribution is -2.54. The molecule has 2 atom stereocenters. The van der Waals surface area contributed by atoms with Crippen LogP contribution in [0, 0.1) is 24.0 Å². The number of methoxy groups -OCH3 is 1. The quantitative estimate of drug-likeness (QED) is 0.286. The highest BCUT2D eigenvalue weighted by Gasteiger charge is 2.44. The number of rotatable bonds is 5. The number of amides is 1. The van der Waals surface area contributed by atoms with Gasteiger partial charge in [0.15, 0.2) is 8.32 Å². The van der Waals surface area contributed by atoms with Crippen LogP contribution >= 0.6 is 0 Å². The van der Waals surface area contributed by atoms with Crippen LogP contribution in [0.5, 0.6) is 0 Å². The number of likely N-dealkylation sites (tertiary alicyclic amines) is 1.